The van der Waals surface area contributed by atoms with Crippen molar-refractivity contribution in [3.05, 3.63) is 0 Å². The number of carbonyl (C=O) groups excluding carboxylic acids is 1. The van der Waals surface area contributed by atoms with Gasteiger partial charge in [-0.15, -0.1) is 0 Å². The molecule has 0 aromatic heterocycles. The highest BCUT2D eigenvalue weighted by molar-refractivity contribution is 7.99. The highest BCUT2D eigenvalue weighted by Crippen LogP contribution is 2.08. The summed E-state index contributed by atoms with van der Waals surface area (Å²) < 4.78 is 5.29. The van der Waals surface area contributed by atoms with E-state index in [1.807, 2.05) is 0 Å². The van der Waals surface area contributed by atoms with E-state index in [-0.39, 0.29) is 5.91 Å². The fourth-order valence-corrected chi connectivity index (χ4v) is 2.37. The van der Waals surface area contributed by atoms with Crippen LogP contribution in [0.1, 0.15) is 33.1 Å². The lowest BCUT2D eigenvalue weighted by atomic mass is 10.2. The average molecular weight is 307 g/mol. The van der Waals surface area contributed by atoms with Crippen molar-refractivity contribution in [1.82, 2.24) is 5.32 Å². The minimum Gasteiger partial charge on any atom is -0.480 e. The fraction of sp³-hybridized carbons (Fsp3) is 0.846. The Hall–Kier alpha value is -0.790. The minimum atomic E-state index is -1.04. The summed E-state index contributed by atoms with van der Waals surface area (Å²) in [4.78, 5) is 21.7. The van der Waals surface area contributed by atoms with Gasteiger partial charge >= 0.3 is 5.97 Å². The van der Waals surface area contributed by atoms with E-state index < -0.39 is 18.1 Å². The quantitative estimate of drug-likeness (QED) is 0.463. The SMILES string of the molecule is CCCCOCC(O)CSCCC(NC(C)=O)C(=O)O. The number of thioether (sulfide) groups is 1. The summed E-state index contributed by atoms with van der Waals surface area (Å²) in [7, 11) is 0. The Morgan fingerprint density at radius 1 is 1.40 bits per heavy atom. The van der Waals surface area contributed by atoms with Crippen molar-refractivity contribution in [1.29, 1.82) is 0 Å². The number of nitrogens with one attached hydrogen (secondary N) is 1. The molecule has 7 heteroatoms. The second-order valence-electron chi connectivity index (χ2n) is 4.54. The Kier molecular flexibility index (Phi) is 11.5. The number of aliphatic carboxylic acids is 1. The second kappa shape index (κ2) is 12.0. The van der Waals surface area contributed by atoms with E-state index >= 15 is 0 Å². The highest BCUT2D eigenvalue weighted by atomic mass is 32.2. The van der Waals surface area contributed by atoms with Gasteiger partial charge in [-0.2, -0.15) is 11.8 Å². The molecule has 0 saturated heterocycles. The molecule has 0 saturated carbocycles. The number of amides is 1. The first-order chi connectivity index (χ1) is 9.47. The van der Waals surface area contributed by atoms with E-state index in [2.05, 4.69) is 12.2 Å². The number of carbonyl (C=O) groups is 2. The predicted octanol–water partition coefficient (Wildman–Crippen LogP) is 0.877. The normalized spacial score (nSPS) is 13.8. The summed E-state index contributed by atoms with van der Waals surface area (Å²) in [5, 5.41) is 20.9. The molecule has 3 N–H and O–H groups in total. The van der Waals surface area contributed by atoms with E-state index in [4.69, 9.17) is 9.84 Å². The molecule has 118 valence electrons. The van der Waals surface area contributed by atoms with Gasteiger partial charge in [0, 0.05) is 19.3 Å². The van der Waals surface area contributed by atoms with E-state index in [1.54, 1.807) is 0 Å². The summed E-state index contributed by atoms with van der Waals surface area (Å²) in [6.45, 7) is 4.33. The number of rotatable bonds is 12. The topological polar surface area (TPSA) is 95.9 Å². The standard InChI is InChI=1S/C13H25NO5S/c1-3-4-6-19-8-11(16)9-20-7-5-12(13(17)18)14-10(2)15/h11-12,16H,3-9H2,1-2H3,(H,14,15)(H,17,18). The third kappa shape index (κ3) is 11.1. The van der Waals surface area contributed by atoms with Crippen LogP contribution in [0.4, 0.5) is 0 Å². The molecule has 2 unspecified atom stereocenters. The van der Waals surface area contributed by atoms with Gasteiger partial charge in [-0.3, -0.25) is 4.79 Å². The maximum absolute atomic E-state index is 10.9. The fourth-order valence-electron chi connectivity index (χ4n) is 1.44. The molecular weight excluding hydrogens is 282 g/mol. The van der Waals surface area contributed by atoms with Crippen LogP contribution in [0.25, 0.3) is 0 Å². The molecule has 0 heterocycles. The maximum Gasteiger partial charge on any atom is 0.326 e. The largest absolute Gasteiger partial charge is 0.480 e. The summed E-state index contributed by atoms with van der Waals surface area (Å²) in [6.07, 6.45) is 1.84. The summed E-state index contributed by atoms with van der Waals surface area (Å²) in [5.41, 5.74) is 0. The van der Waals surface area contributed by atoms with Crippen LogP contribution in [0.3, 0.4) is 0 Å². The molecule has 6 nitrogen and oxygen atoms in total. The number of hydrogen-bond donors (Lipinski definition) is 3. The van der Waals surface area contributed by atoms with Gasteiger partial charge < -0.3 is 20.3 Å². The third-order valence-electron chi connectivity index (χ3n) is 2.49. The molecule has 0 aliphatic carbocycles. The molecule has 0 bridgehead atoms. The molecule has 1 amide bonds. The number of carboxylic acid groups (broad SMARTS) is 1. The van der Waals surface area contributed by atoms with E-state index in [9.17, 15) is 14.7 Å². The van der Waals surface area contributed by atoms with Crippen LogP contribution in [0.5, 0.6) is 0 Å². The molecule has 2 atom stereocenters. The zero-order valence-electron chi connectivity index (χ0n) is 12.1. The Labute approximate surface area is 124 Å². The molecule has 0 radical (unpaired) electrons. The smallest absolute Gasteiger partial charge is 0.326 e. The highest BCUT2D eigenvalue weighted by Gasteiger charge is 2.17. The number of aliphatic hydroxyl groups excluding tert-OH is 1. The van der Waals surface area contributed by atoms with Crippen LogP contribution in [0, 0.1) is 0 Å². The van der Waals surface area contributed by atoms with Gasteiger partial charge in [0.25, 0.3) is 0 Å². The van der Waals surface area contributed by atoms with Crippen LogP contribution < -0.4 is 5.32 Å². The third-order valence-corrected chi connectivity index (χ3v) is 3.63. The van der Waals surface area contributed by atoms with Crippen molar-refractivity contribution >= 4 is 23.6 Å². The van der Waals surface area contributed by atoms with Gasteiger partial charge in [-0.25, -0.2) is 4.79 Å². The average Bonchev–Trinajstić information content (AvgIpc) is 2.37. The first-order valence-electron chi connectivity index (χ1n) is 6.80. The molecule has 0 aromatic carbocycles. The number of hydrogen-bond acceptors (Lipinski definition) is 5. The number of unbranched alkanes of at least 4 members (excludes halogenated alkanes) is 1. The summed E-state index contributed by atoms with van der Waals surface area (Å²) >= 11 is 1.45. The Morgan fingerprint density at radius 3 is 2.65 bits per heavy atom. The lowest BCUT2D eigenvalue weighted by Gasteiger charge is -2.14. The summed E-state index contributed by atoms with van der Waals surface area (Å²) in [5.74, 6) is -0.335. The molecule has 0 fully saturated rings. The van der Waals surface area contributed by atoms with Crippen LogP contribution in [-0.2, 0) is 14.3 Å². The first-order valence-corrected chi connectivity index (χ1v) is 7.96. The molecular formula is C13H25NO5S. The number of carboxylic acids is 1. The van der Waals surface area contributed by atoms with Gasteiger partial charge in [0.05, 0.1) is 12.7 Å². The predicted molar refractivity (Wildman–Crippen MR) is 78.9 cm³/mol. The van der Waals surface area contributed by atoms with Crippen molar-refractivity contribution in [2.75, 3.05) is 24.7 Å². The number of aliphatic hydroxyl groups is 1. The van der Waals surface area contributed by atoms with Crippen molar-refractivity contribution in [3.63, 3.8) is 0 Å². The molecule has 0 aliphatic heterocycles. The monoisotopic (exact) mass is 307 g/mol. The van der Waals surface area contributed by atoms with Crippen molar-refractivity contribution in [2.45, 2.75) is 45.3 Å². The molecule has 0 aromatic rings. The molecule has 0 rings (SSSR count). The van der Waals surface area contributed by atoms with E-state index in [0.717, 1.165) is 12.8 Å². The Bertz CT molecular complexity index is 288. The molecule has 20 heavy (non-hydrogen) atoms. The van der Waals surface area contributed by atoms with Crippen LogP contribution in [0.15, 0.2) is 0 Å². The molecule has 0 aliphatic rings. The van der Waals surface area contributed by atoms with Crippen LogP contribution in [-0.4, -0.2) is 59.0 Å². The summed E-state index contributed by atoms with van der Waals surface area (Å²) in [6, 6.07) is -0.863. The zero-order chi connectivity index (χ0) is 15.4. The van der Waals surface area contributed by atoms with Crippen molar-refractivity contribution in [3.8, 4) is 0 Å². The maximum atomic E-state index is 10.9. The van der Waals surface area contributed by atoms with Gasteiger partial charge in [0.1, 0.15) is 6.04 Å². The van der Waals surface area contributed by atoms with Gasteiger partial charge in [-0.05, 0) is 18.6 Å². The number of ether oxygens (including phenoxy) is 1. The van der Waals surface area contributed by atoms with Crippen LogP contribution >= 0.6 is 11.8 Å². The first kappa shape index (κ1) is 19.2. The van der Waals surface area contributed by atoms with E-state index in [1.165, 1.54) is 18.7 Å². The van der Waals surface area contributed by atoms with Crippen LogP contribution in [0.2, 0.25) is 0 Å². The van der Waals surface area contributed by atoms with Gasteiger partial charge in [-0.1, -0.05) is 13.3 Å². The van der Waals surface area contributed by atoms with Crippen molar-refractivity contribution < 1.29 is 24.5 Å². The lowest BCUT2D eigenvalue weighted by Crippen LogP contribution is -2.40. The zero-order valence-corrected chi connectivity index (χ0v) is 12.9. The molecule has 0 spiro atoms. The Morgan fingerprint density at radius 2 is 2.10 bits per heavy atom. The van der Waals surface area contributed by atoms with Gasteiger partial charge in [0.2, 0.25) is 5.91 Å². The lowest BCUT2D eigenvalue weighted by molar-refractivity contribution is -0.141. The minimum absolute atomic E-state index is 0.307. The Balaban J connectivity index is 3.66. The second-order valence-corrected chi connectivity index (χ2v) is 5.69. The van der Waals surface area contributed by atoms with Crippen molar-refractivity contribution in [2.24, 2.45) is 0 Å². The van der Waals surface area contributed by atoms with E-state index in [0.29, 0.717) is 31.1 Å². The van der Waals surface area contributed by atoms with Gasteiger partial charge in [0.15, 0.2) is 0 Å².